The smallest absolute Gasteiger partial charge is 0.253 e. The van der Waals surface area contributed by atoms with Gasteiger partial charge >= 0.3 is 0 Å². The van der Waals surface area contributed by atoms with Gasteiger partial charge in [0.2, 0.25) is 0 Å². The molecule has 0 bridgehead atoms. The molecule has 1 amide bonds. The lowest BCUT2D eigenvalue weighted by Crippen LogP contribution is -2.42. The molecule has 0 aromatic heterocycles. The first-order chi connectivity index (χ1) is 10.2. The number of carbonyl (C=O) groups is 1. The number of benzene rings is 1. The van der Waals surface area contributed by atoms with Gasteiger partial charge in [0.05, 0.1) is 6.10 Å². The summed E-state index contributed by atoms with van der Waals surface area (Å²) in [5, 5.41) is 0. The molecule has 0 radical (unpaired) electrons. The Morgan fingerprint density at radius 3 is 2.57 bits per heavy atom. The Balaban J connectivity index is 1.65. The lowest BCUT2D eigenvalue weighted by molar-refractivity contribution is 0.0714. The van der Waals surface area contributed by atoms with Crippen LogP contribution in [-0.4, -0.2) is 36.0 Å². The molecule has 3 rings (SSSR count). The fourth-order valence-corrected chi connectivity index (χ4v) is 3.19. The van der Waals surface area contributed by atoms with E-state index in [1.807, 2.05) is 29.2 Å². The number of hydrogen-bond acceptors (Lipinski definition) is 3. The number of hydrogen-bond donors (Lipinski definition) is 1. The number of amides is 1. The highest BCUT2D eigenvalue weighted by Crippen LogP contribution is 2.25. The van der Waals surface area contributed by atoms with Gasteiger partial charge in [-0.1, -0.05) is 6.07 Å². The quantitative estimate of drug-likeness (QED) is 0.930. The second kappa shape index (κ2) is 6.48. The van der Waals surface area contributed by atoms with Crippen molar-refractivity contribution in [3.05, 3.63) is 29.8 Å². The van der Waals surface area contributed by atoms with Gasteiger partial charge in [0.1, 0.15) is 5.75 Å². The Morgan fingerprint density at radius 1 is 1.14 bits per heavy atom. The van der Waals surface area contributed by atoms with Crippen LogP contribution in [0.15, 0.2) is 24.3 Å². The van der Waals surface area contributed by atoms with Crippen LogP contribution in [0.5, 0.6) is 5.75 Å². The molecule has 2 N–H and O–H groups in total. The average Bonchev–Trinajstić information content (AvgIpc) is 3.00. The zero-order valence-corrected chi connectivity index (χ0v) is 12.5. The molecule has 0 spiro atoms. The first-order valence-electron chi connectivity index (χ1n) is 8.04. The molecule has 1 heterocycles. The Bertz CT molecular complexity index is 489. The van der Waals surface area contributed by atoms with E-state index in [0.717, 1.165) is 50.1 Å². The molecule has 2 aliphatic rings. The first kappa shape index (κ1) is 14.4. The van der Waals surface area contributed by atoms with E-state index in [1.54, 1.807) is 0 Å². The van der Waals surface area contributed by atoms with Crippen LogP contribution >= 0.6 is 0 Å². The summed E-state index contributed by atoms with van der Waals surface area (Å²) >= 11 is 0. The maximum absolute atomic E-state index is 12.5. The van der Waals surface area contributed by atoms with Gasteiger partial charge < -0.3 is 15.4 Å². The van der Waals surface area contributed by atoms with Crippen molar-refractivity contribution >= 4 is 5.91 Å². The molecule has 1 saturated carbocycles. The molecule has 1 aliphatic carbocycles. The molecule has 1 aromatic carbocycles. The maximum Gasteiger partial charge on any atom is 0.253 e. The first-order valence-corrected chi connectivity index (χ1v) is 8.04. The highest BCUT2D eigenvalue weighted by atomic mass is 16.5. The predicted octanol–water partition coefficient (Wildman–Crippen LogP) is 2.57. The van der Waals surface area contributed by atoms with Crippen molar-refractivity contribution < 1.29 is 9.53 Å². The normalized spacial score (nSPS) is 20.7. The van der Waals surface area contributed by atoms with Crippen molar-refractivity contribution in [1.82, 2.24) is 4.90 Å². The fourth-order valence-electron chi connectivity index (χ4n) is 3.19. The van der Waals surface area contributed by atoms with Crippen LogP contribution in [-0.2, 0) is 0 Å². The van der Waals surface area contributed by atoms with Gasteiger partial charge in [-0.3, -0.25) is 4.79 Å². The van der Waals surface area contributed by atoms with Crippen LogP contribution in [0.4, 0.5) is 0 Å². The van der Waals surface area contributed by atoms with Crippen molar-refractivity contribution in [2.45, 2.75) is 50.7 Å². The maximum atomic E-state index is 12.5. The van der Waals surface area contributed by atoms with E-state index in [4.69, 9.17) is 10.5 Å². The van der Waals surface area contributed by atoms with Gasteiger partial charge in [-0.05, 0) is 56.7 Å². The van der Waals surface area contributed by atoms with E-state index in [-0.39, 0.29) is 11.9 Å². The lowest BCUT2D eigenvalue weighted by atomic mass is 10.0. The second-order valence-electron chi connectivity index (χ2n) is 6.18. The van der Waals surface area contributed by atoms with Crippen molar-refractivity contribution in [2.75, 3.05) is 13.1 Å². The van der Waals surface area contributed by atoms with E-state index in [0.29, 0.717) is 6.10 Å². The summed E-state index contributed by atoms with van der Waals surface area (Å²) in [5.41, 5.74) is 6.62. The summed E-state index contributed by atoms with van der Waals surface area (Å²) in [5.74, 6) is 0.917. The van der Waals surface area contributed by atoms with E-state index in [9.17, 15) is 4.79 Å². The molecule has 0 atom stereocenters. The molecule has 21 heavy (non-hydrogen) atoms. The summed E-state index contributed by atoms with van der Waals surface area (Å²) in [6.07, 6.45) is 6.86. The number of rotatable bonds is 3. The summed E-state index contributed by atoms with van der Waals surface area (Å²) in [7, 11) is 0. The van der Waals surface area contributed by atoms with Crippen LogP contribution in [0.2, 0.25) is 0 Å². The number of piperidine rings is 1. The molecule has 1 aliphatic heterocycles. The standard InChI is InChI=1S/C17H24N2O2/c18-14-8-10-19(11-9-14)17(20)13-4-3-7-16(12-13)21-15-5-1-2-6-15/h3-4,7,12,14-15H,1-2,5-6,8-11,18H2. The third kappa shape index (κ3) is 3.56. The minimum atomic E-state index is 0.0961. The van der Waals surface area contributed by atoms with Gasteiger partial charge in [-0.25, -0.2) is 0 Å². The number of ether oxygens (including phenoxy) is 1. The van der Waals surface area contributed by atoms with Crippen molar-refractivity contribution in [2.24, 2.45) is 5.73 Å². The number of nitrogens with zero attached hydrogens (tertiary/aromatic N) is 1. The molecule has 2 fully saturated rings. The second-order valence-corrected chi connectivity index (χ2v) is 6.18. The van der Waals surface area contributed by atoms with Crippen molar-refractivity contribution in [3.63, 3.8) is 0 Å². The van der Waals surface area contributed by atoms with E-state index < -0.39 is 0 Å². The van der Waals surface area contributed by atoms with Crippen molar-refractivity contribution in [3.8, 4) is 5.75 Å². The summed E-state index contributed by atoms with van der Waals surface area (Å²) in [6.45, 7) is 1.52. The predicted molar refractivity (Wildman–Crippen MR) is 82.4 cm³/mol. The van der Waals surface area contributed by atoms with Crippen LogP contribution in [0.3, 0.4) is 0 Å². The van der Waals surface area contributed by atoms with Gasteiger partial charge in [0, 0.05) is 24.7 Å². The average molecular weight is 288 g/mol. The fraction of sp³-hybridized carbons (Fsp3) is 0.588. The topological polar surface area (TPSA) is 55.6 Å². The highest BCUT2D eigenvalue weighted by Gasteiger charge is 2.22. The number of nitrogens with two attached hydrogens (primary N) is 1. The van der Waals surface area contributed by atoms with E-state index in [1.165, 1.54) is 12.8 Å². The largest absolute Gasteiger partial charge is 0.490 e. The highest BCUT2D eigenvalue weighted by molar-refractivity contribution is 5.94. The molecular formula is C17H24N2O2. The third-order valence-corrected chi connectivity index (χ3v) is 4.51. The van der Waals surface area contributed by atoms with Crippen LogP contribution < -0.4 is 10.5 Å². The zero-order valence-electron chi connectivity index (χ0n) is 12.5. The van der Waals surface area contributed by atoms with Gasteiger partial charge in [0.25, 0.3) is 5.91 Å². The van der Waals surface area contributed by atoms with E-state index in [2.05, 4.69) is 0 Å². The lowest BCUT2D eigenvalue weighted by Gasteiger charge is -2.30. The Labute approximate surface area is 126 Å². The molecule has 0 unspecified atom stereocenters. The van der Waals surface area contributed by atoms with Gasteiger partial charge in [-0.2, -0.15) is 0 Å². The monoisotopic (exact) mass is 288 g/mol. The van der Waals surface area contributed by atoms with Crippen LogP contribution in [0.25, 0.3) is 0 Å². The number of carbonyl (C=O) groups excluding carboxylic acids is 1. The van der Waals surface area contributed by atoms with E-state index >= 15 is 0 Å². The SMILES string of the molecule is NC1CCN(C(=O)c2cccc(OC3CCCC3)c2)CC1. The summed E-state index contributed by atoms with van der Waals surface area (Å²) in [6, 6.07) is 7.85. The van der Waals surface area contributed by atoms with Gasteiger partial charge in [0.15, 0.2) is 0 Å². The van der Waals surface area contributed by atoms with Crippen LogP contribution in [0, 0.1) is 0 Å². The third-order valence-electron chi connectivity index (χ3n) is 4.51. The molecule has 1 aromatic rings. The number of likely N-dealkylation sites (tertiary alicyclic amines) is 1. The van der Waals surface area contributed by atoms with Crippen LogP contribution in [0.1, 0.15) is 48.9 Å². The summed E-state index contributed by atoms with van der Waals surface area (Å²) in [4.78, 5) is 14.4. The molecule has 1 saturated heterocycles. The Morgan fingerprint density at radius 2 is 1.86 bits per heavy atom. The molecule has 4 nitrogen and oxygen atoms in total. The molecule has 4 heteroatoms. The Hall–Kier alpha value is -1.55. The minimum Gasteiger partial charge on any atom is -0.490 e. The zero-order chi connectivity index (χ0) is 14.7. The summed E-state index contributed by atoms with van der Waals surface area (Å²) < 4.78 is 5.98. The van der Waals surface area contributed by atoms with Gasteiger partial charge in [-0.15, -0.1) is 0 Å². The molecular weight excluding hydrogens is 264 g/mol. The Kier molecular flexibility index (Phi) is 4.44. The minimum absolute atomic E-state index is 0.0961. The molecule has 114 valence electrons. The van der Waals surface area contributed by atoms with Crippen molar-refractivity contribution in [1.29, 1.82) is 0 Å².